The van der Waals surface area contributed by atoms with Crippen molar-refractivity contribution in [3.63, 3.8) is 0 Å². The number of aromatic nitrogens is 1. The quantitative estimate of drug-likeness (QED) is 0.692. The molecule has 0 saturated carbocycles. The van der Waals surface area contributed by atoms with Crippen molar-refractivity contribution in [2.45, 2.75) is 13.8 Å². The molecular formula is C12H15N3O4. The Kier molecular flexibility index (Phi) is 4.99. The molecule has 1 rings (SSSR count). The molecule has 7 heteroatoms. The summed E-state index contributed by atoms with van der Waals surface area (Å²) in [5.74, 6) is -1.92. The van der Waals surface area contributed by atoms with E-state index in [1.54, 1.807) is 6.92 Å². The fourth-order valence-electron chi connectivity index (χ4n) is 1.42. The van der Waals surface area contributed by atoms with Crippen LogP contribution in [0.2, 0.25) is 0 Å². The Morgan fingerprint density at radius 2 is 1.95 bits per heavy atom. The van der Waals surface area contributed by atoms with Crippen molar-refractivity contribution in [3.05, 3.63) is 29.1 Å². The maximum atomic E-state index is 11.7. The summed E-state index contributed by atoms with van der Waals surface area (Å²) in [6.07, 6.45) is 0. The first-order valence-electron chi connectivity index (χ1n) is 5.71. The lowest BCUT2D eigenvalue weighted by Crippen LogP contribution is -2.37. The molecule has 0 aliphatic carbocycles. The van der Waals surface area contributed by atoms with Crippen molar-refractivity contribution >= 4 is 17.8 Å². The summed E-state index contributed by atoms with van der Waals surface area (Å²) in [6, 6.07) is 2.62. The smallest absolute Gasteiger partial charge is 0.337 e. The van der Waals surface area contributed by atoms with Crippen molar-refractivity contribution in [3.8, 4) is 0 Å². The second-order valence-corrected chi connectivity index (χ2v) is 3.77. The SMILES string of the molecule is CCNC(=O)CNC(=O)c1ccc(C(=O)O)c(C)n1. The molecule has 19 heavy (non-hydrogen) atoms. The molecule has 1 aromatic heterocycles. The molecule has 0 aromatic carbocycles. The number of pyridine rings is 1. The lowest BCUT2D eigenvalue weighted by molar-refractivity contribution is -0.120. The topological polar surface area (TPSA) is 108 Å². The summed E-state index contributed by atoms with van der Waals surface area (Å²) in [5, 5.41) is 13.8. The molecule has 0 unspecified atom stereocenters. The van der Waals surface area contributed by atoms with Gasteiger partial charge in [0.15, 0.2) is 0 Å². The van der Waals surface area contributed by atoms with Crippen LogP contribution in [0.4, 0.5) is 0 Å². The van der Waals surface area contributed by atoms with E-state index in [4.69, 9.17) is 5.11 Å². The second-order valence-electron chi connectivity index (χ2n) is 3.77. The zero-order chi connectivity index (χ0) is 14.4. The predicted octanol–water partition coefficient (Wildman–Crippen LogP) is -0.0459. The fraction of sp³-hybridized carbons (Fsp3) is 0.333. The molecule has 2 amide bonds. The largest absolute Gasteiger partial charge is 0.478 e. The van der Waals surface area contributed by atoms with Crippen LogP contribution in [-0.4, -0.2) is 41.0 Å². The van der Waals surface area contributed by atoms with Crippen LogP contribution in [0.3, 0.4) is 0 Å². The van der Waals surface area contributed by atoms with E-state index in [-0.39, 0.29) is 29.4 Å². The van der Waals surface area contributed by atoms with E-state index in [2.05, 4.69) is 15.6 Å². The lowest BCUT2D eigenvalue weighted by atomic mass is 10.2. The highest BCUT2D eigenvalue weighted by Crippen LogP contribution is 2.06. The summed E-state index contributed by atoms with van der Waals surface area (Å²) in [7, 11) is 0. The van der Waals surface area contributed by atoms with Crippen LogP contribution in [-0.2, 0) is 4.79 Å². The molecule has 1 aromatic rings. The normalized spacial score (nSPS) is 9.79. The Bertz CT molecular complexity index is 514. The molecule has 1 heterocycles. The van der Waals surface area contributed by atoms with Crippen LogP contribution in [0, 0.1) is 6.92 Å². The summed E-state index contributed by atoms with van der Waals surface area (Å²) in [4.78, 5) is 37.5. The molecule has 0 fully saturated rings. The van der Waals surface area contributed by atoms with Gasteiger partial charge in [0.1, 0.15) is 5.69 Å². The van der Waals surface area contributed by atoms with Crippen LogP contribution < -0.4 is 10.6 Å². The van der Waals surface area contributed by atoms with E-state index in [1.807, 2.05) is 0 Å². The number of nitrogens with zero attached hydrogens (tertiary/aromatic N) is 1. The van der Waals surface area contributed by atoms with E-state index in [9.17, 15) is 14.4 Å². The number of carbonyl (C=O) groups is 3. The third-order valence-electron chi connectivity index (χ3n) is 2.33. The molecular weight excluding hydrogens is 250 g/mol. The minimum Gasteiger partial charge on any atom is -0.478 e. The molecule has 3 N–H and O–H groups in total. The minimum absolute atomic E-state index is 0.0419. The van der Waals surface area contributed by atoms with E-state index in [0.29, 0.717) is 6.54 Å². The molecule has 0 radical (unpaired) electrons. The van der Waals surface area contributed by atoms with E-state index < -0.39 is 11.9 Å². The molecule has 0 atom stereocenters. The van der Waals surface area contributed by atoms with Crippen molar-refractivity contribution in [1.82, 2.24) is 15.6 Å². The first-order chi connectivity index (χ1) is 8.95. The number of hydrogen-bond donors (Lipinski definition) is 3. The third kappa shape index (κ3) is 4.06. The molecule has 0 aliphatic heterocycles. The number of carboxylic acid groups (broad SMARTS) is 1. The zero-order valence-corrected chi connectivity index (χ0v) is 10.7. The van der Waals surface area contributed by atoms with Gasteiger partial charge in [0.25, 0.3) is 5.91 Å². The average Bonchev–Trinajstić information content (AvgIpc) is 2.35. The molecule has 0 spiro atoms. The van der Waals surface area contributed by atoms with Crippen molar-refractivity contribution in [2.75, 3.05) is 13.1 Å². The van der Waals surface area contributed by atoms with Crippen molar-refractivity contribution < 1.29 is 19.5 Å². The Balaban J connectivity index is 2.70. The molecule has 0 aliphatic rings. The molecule has 7 nitrogen and oxygen atoms in total. The highest BCUT2D eigenvalue weighted by atomic mass is 16.4. The van der Waals surface area contributed by atoms with E-state index in [0.717, 1.165) is 0 Å². The monoisotopic (exact) mass is 265 g/mol. The number of hydrogen-bond acceptors (Lipinski definition) is 4. The van der Waals surface area contributed by atoms with Gasteiger partial charge >= 0.3 is 5.97 Å². The van der Waals surface area contributed by atoms with Crippen LogP contribution in [0.1, 0.15) is 33.5 Å². The number of likely N-dealkylation sites (N-methyl/N-ethyl adjacent to an activating group) is 1. The summed E-state index contributed by atoms with van der Waals surface area (Å²) in [6.45, 7) is 3.62. The van der Waals surface area contributed by atoms with Gasteiger partial charge in [-0.25, -0.2) is 9.78 Å². The van der Waals surface area contributed by atoms with Crippen LogP contribution in [0.5, 0.6) is 0 Å². The maximum Gasteiger partial charge on any atom is 0.337 e. The van der Waals surface area contributed by atoms with Gasteiger partial charge < -0.3 is 15.7 Å². The zero-order valence-electron chi connectivity index (χ0n) is 10.7. The number of aromatic carboxylic acids is 1. The number of carboxylic acids is 1. The number of nitrogens with one attached hydrogen (secondary N) is 2. The van der Waals surface area contributed by atoms with Gasteiger partial charge in [-0.3, -0.25) is 9.59 Å². The molecule has 0 saturated heterocycles. The van der Waals surface area contributed by atoms with Crippen LogP contribution in [0.15, 0.2) is 12.1 Å². The Morgan fingerprint density at radius 1 is 1.26 bits per heavy atom. The molecule has 102 valence electrons. The van der Waals surface area contributed by atoms with Gasteiger partial charge in [-0.1, -0.05) is 0 Å². The molecule has 0 bridgehead atoms. The fourth-order valence-corrected chi connectivity index (χ4v) is 1.42. The third-order valence-corrected chi connectivity index (χ3v) is 2.33. The van der Waals surface area contributed by atoms with Crippen molar-refractivity contribution in [2.24, 2.45) is 0 Å². The van der Waals surface area contributed by atoms with Crippen molar-refractivity contribution in [1.29, 1.82) is 0 Å². The van der Waals surface area contributed by atoms with E-state index in [1.165, 1.54) is 19.1 Å². The van der Waals surface area contributed by atoms with E-state index >= 15 is 0 Å². The standard InChI is InChI=1S/C12H15N3O4/c1-3-13-10(16)6-14-11(17)9-5-4-8(12(18)19)7(2)15-9/h4-5H,3,6H2,1-2H3,(H,13,16)(H,14,17)(H,18,19). The van der Waals surface area contributed by atoms with Gasteiger partial charge in [0.05, 0.1) is 17.8 Å². The summed E-state index contributed by atoms with van der Waals surface area (Å²) >= 11 is 0. The average molecular weight is 265 g/mol. The maximum absolute atomic E-state index is 11.7. The van der Waals surface area contributed by atoms with Gasteiger partial charge in [0, 0.05) is 6.54 Å². The minimum atomic E-state index is -1.10. The van der Waals surface area contributed by atoms with Gasteiger partial charge in [0.2, 0.25) is 5.91 Å². The number of carbonyl (C=O) groups excluding carboxylic acids is 2. The van der Waals surface area contributed by atoms with Gasteiger partial charge in [-0.15, -0.1) is 0 Å². The number of aryl methyl sites for hydroxylation is 1. The second kappa shape index (κ2) is 6.48. The predicted molar refractivity (Wildman–Crippen MR) is 67.0 cm³/mol. The number of rotatable bonds is 5. The van der Waals surface area contributed by atoms with Crippen LogP contribution in [0.25, 0.3) is 0 Å². The Morgan fingerprint density at radius 3 is 2.47 bits per heavy atom. The first kappa shape index (κ1) is 14.6. The summed E-state index contributed by atoms with van der Waals surface area (Å²) in [5.41, 5.74) is 0.366. The number of amides is 2. The first-order valence-corrected chi connectivity index (χ1v) is 5.71. The van der Waals surface area contributed by atoms with Crippen LogP contribution >= 0.6 is 0 Å². The Hall–Kier alpha value is -2.44. The van der Waals surface area contributed by atoms with Gasteiger partial charge in [-0.2, -0.15) is 0 Å². The lowest BCUT2D eigenvalue weighted by Gasteiger charge is -2.06. The Labute approximate surface area is 110 Å². The highest BCUT2D eigenvalue weighted by molar-refractivity contribution is 5.96. The summed E-state index contributed by atoms with van der Waals surface area (Å²) < 4.78 is 0. The highest BCUT2D eigenvalue weighted by Gasteiger charge is 2.13. The van der Waals surface area contributed by atoms with Gasteiger partial charge in [-0.05, 0) is 26.0 Å².